The predicted molar refractivity (Wildman–Crippen MR) is 91.3 cm³/mol. The van der Waals surface area contributed by atoms with Crippen LogP contribution in [0.5, 0.6) is 11.5 Å². The first-order valence-corrected chi connectivity index (χ1v) is 9.35. The molecule has 0 aliphatic carbocycles. The second kappa shape index (κ2) is 6.95. The topological polar surface area (TPSA) is 55.4 Å². The van der Waals surface area contributed by atoms with Gasteiger partial charge in [-0.2, -0.15) is 0 Å². The van der Waals surface area contributed by atoms with Crippen molar-refractivity contribution in [1.82, 2.24) is 4.72 Å². The summed E-state index contributed by atoms with van der Waals surface area (Å²) >= 11 is 1.19. The molecule has 0 fully saturated rings. The molecule has 0 aliphatic heterocycles. The largest absolute Gasteiger partial charge is 0.457 e. The molecule has 4 nitrogen and oxygen atoms in total. The predicted octanol–water partition coefficient (Wildman–Crippen LogP) is 4.02. The Bertz CT molecular complexity index is 860. The van der Waals surface area contributed by atoms with Crippen LogP contribution in [0, 0.1) is 0 Å². The van der Waals surface area contributed by atoms with Crippen molar-refractivity contribution in [3.63, 3.8) is 0 Å². The lowest BCUT2D eigenvalue weighted by atomic mass is 10.2. The Morgan fingerprint density at radius 1 is 0.913 bits per heavy atom. The Hall–Kier alpha value is -2.15. The summed E-state index contributed by atoms with van der Waals surface area (Å²) < 4.78 is 32.9. The highest BCUT2D eigenvalue weighted by Gasteiger charge is 2.14. The van der Waals surface area contributed by atoms with Gasteiger partial charge in [-0.3, -0.25) is 0 Å². The van der Waals surface area contributed by atoms with Crippen LogP contribution < -0.4 is 9.46 Å². The van der Waals surface area contributed by atoms with Crippen LogP contribution in [0.1, 0.15) is 5.56 Å². The second-order valence-corrected chi connectivity index (χ2v) is 7.76. The first-order valence-electron chi connectivity index (χ1n) is 6.98. The molecular weight excluding hydrogens is 330 g/mol. The van der Waals surface area contributed by atoms with Crippen LogP contribution in [0.2, 0.25) is 0 Å². The van der Waals surface area contributed by atoms with Crippen LogP contribution in [0.25, 0.3) is 0 Å². The van der Waals surface area contributed by atoms with Crippen molar-refractivity contribution in [1.29, 1.82) is 0 Å². The van der Waals surface area contributed by atoms with Crippen molar-refractivity contribution < 1.29 is 13.2 Å². The summed E-state index contributed by atoms with van der Waals surface area (Å²) in [4.78, 5) is 0. The monoisotopic (exact) mass is 345 g/mol. The van der Waals surface area contributed by atoms with E-state index in [1.54, 1.807) is 17.5 Å². The SMILES string of the molecule is O=S(=O)(NCc1cccc(Oc2ccccc2)c1)c1cccs1. The Morgan fingerprint density at radius 3 is 2.43 bits per heavy atom. The minimum atomic E-state index is -3.46. The molecule has 23 heavy (non-hydrogen) atoms. The molecular formula is C17H15NO3S2. The van der Waals surface area contributed by atoms with Crippen LogP contribution in [-0.4, -0.2) is 8.42 Å². The van der Waals surface area contributed by atoms with E-state index >= 15 is 0 Å². The molecule has 6 heteroatoms. The van der Waals surface area contributed by atoms with Crippen LogP contribution in [0.3, 0.4) is 0 Å². The number of sulfonamides is 1. The summed E-state index contributed by atoms with van der Waals surface area (Å²) in [5.74, 6) is 1.41. The molecule has 0 bridgehead atoms. The fourth-order valence-electron chi connectivity index (χ4n) is 2.01. The molecule has 0 unspecified atom stereocenters. The number of ether oxygens (including phenoxy) is 1. The number of nitrogens with one attached hydrogen (secondary N) is 1. The Balaban J connectivity index is 1.68. The molecule has 3 aromatic rings. The normalized spacial score (nSPS) is 11.3. The molecule has 1 heterocycles. The van der Waals surface area contributed by atoms with Gasteiger partial charge in [0.05, 0.1) is 0 Å². The van der Waals surface area contributed by atoms with E-state index in [9.17, 15) is 8.42 Å². The third-order valence-corrected chi connectivity index (χ3v) is 5.90. The summed E-state index contributed by atoms with van der Waals surface area (Å²) in [6.07, 6.45) is 0. The van der Waals surface area contributed by atoms with Crippen LogP contribution in [-0.2, 0) is 16.6 Å². The molecule has 118 valence electrons. The third-order valence-electron chi connectivity index (χ3n) is 3.10. The van der Waals surface area contributed by atoms with Gasteiger partial charge >= 0.3 is 0 Å². The molecule has 3 rings (SSSR count). The van der Waals surface area contributed by atoms with E-state index < -0.39 is 10.0 Å². The van der Waals surface area contributed by atoms with Crippen molar-refractivity contribution in [2.75, 3.05) is 0 Å². The van der Waals surface area contributed by atoms with Crippen LogP contribution in [0.15, 0.2) is 76.3 Å². The Kier molecular flexibility index (Phi) is 4.76. The standard InChI is InChI=1S/C17H15NO3S2/c19-23(20,17-10-5-11-22-17)18-13-14-6-4-9-16(12-14)21-15-7-2-1-3-8-15/h1-12,18H,13H2. The van der Waals surface area contributed by atoms with E-state index in [0.29, 0.717) is 9.96 Å². The second-order valence-electron chi connectivity index (χ2n) is 4.82. The fourth-order valence-corrected chi connectivity index (χ4v) is 4.06. The van der Waals surface area contributed by atoms with Crippen molar-refractivity contribution in [2.24, 2.45) is 0 Å². The van der Waals surface area contributed by atoms with E-state index in [1.807, 2.05) is 54.6 Å². The molecule has 0 saturated carbocycles. The lowest BCUT2D eigenvalue weighted by molar-refractivity contribution is 0.482. The molecule has 0 atom stereocenters. The lowest BCUT2D eigenvalue weighted by Gasteiger charge is -2.08. The summed E-state index contributed by atoms with van der Waals surface area (Å²) in [6.45, 7) is 0.215. The highest BCUT2D eigenvalue weighted by atomic mass is 32.2. The minimum Gasteiger partial charge on any atom is -0.457 e. The van der Waals surface area contributed by atoms with Crippen molar-refractivity contribution in [3.05, 3.63) is 77.7 Å². The van der Waals surface area contributed by atoms with Gasteiger partial charge in [-0.25, -0.2) is 13.1 Å². The van der Waals surface area contributed by atoms with E-state index in [2.05, 4.69) is 4.72 Å². The number of rotatable bonds is 6. The number of thiophene rings is 1. The van der Waals surface area contributed by atoms with Gasteiger partial charge < -0.3 is 4.74 Å². The van der Waals surface area contributed by atoms with Gasteiger partial charge in [0, 0.05) is 6.54 Å². The molecule has 1 aromatic heterocycles. The summed E-state index contributed by atoms with van der Waals surface area (Å²) in [5.41, 5.74) is 0.832. The van der Waals surface area contributed by atoms with E-state index in [4.69, 9.17) is 4.74 Å². The third kappa shape index (κ3) is 4.19. The maximum atomic E-state index is 12.1. The number of para-hydroxylation sites is 1. The maximum absolute atomic E-state index is 12.1. The van der Waals surface area contributed by atoms with Crippen molar-refractivity contribution in [2.45, 2.75) is 10.8 Å². The van der Waals surface area contributed by atoms with Crippen LogP contribution >= 0.6 is 11.3 Å². The average Bonchev–Trinajstić information content (AvgIpc) is 3.10. The smallest absolute Gasteiger partial charge is 0.250 e. The molecule has 0 radical (unpaired) electrons. The van der Waals surface area contributed by atoms with Gasteiger partial charge in [-0.1, -0.05) is 36.4 Å². The summed E-state index contributed by atoms with van der Waals surface area (Å²) in [7, 11) is -3.46. The van der Waals surface area contributed by atoms with Gasteiger partial charge in [0.15, 0.2) is 0 Å². The van der Waals surface area contributed by atoms with Crippen molar-refractivity contribution in [3.8, 4) is 11.5 Å². The highest BCUT2D eigenvalue weighted by molar-refractivity contribution is 7.91. The van der Waals surface area contributed by atoms with Gasteiger partial charge in [0.2, 0.25) is 10.0 Å². The maximum Gasteiger partial charge on any atom is 0.250 e. The van der Waals surface area contributed by atoms with Gasteiger partial charge in [0.1, 0.15) is 15.7 Å². The van der Waals surface area contributed by atoms with Crippen molar-refractivity contribution >= 4 is 21.4 Å². The Labute approximate surface area is 139 Å². The molecule has 0 aliphatic rings. The minimum absolute atomic E-state index is 0.215. The van der Waals surface area contributed by atoms with E-state index in [-0.39, 0.29) is 6.54 Å². The average molecular weight is 345 g/mol. The fraction of sp³-hybridized carbons (Fsp3) is 0.0588. The van der Waals surface area contributed by atoms with Gasteiger partial charge in [-0.05, 0) is 41.3 Å². The molecule has 0 saturated heterocycles. The number of hydrogen-bond acceptors (Lipinski definition) is 4. The van der Waals surface area contributed by atoms with E-state index in [1.165, 1.54) is 11.3 Å². The molecule has 1 N–H and O–H groups in total. The molecule has 0 amide bonds. The molecule has 2 aromatic carbocycles. The zero-order valence-corrected chi connectivity index (χ0v) is 13.8. The quantitative estimate of drug-likeness (QED) is 0.734. The lowest BCUT2D eigenvalue weighted by Crippen LogP contribution is -2.22. The zero-order chi connectivity index (χ0) is 16.1. The first kappa shape index (κ1) is 15.7. The van der Waals surface area contributed by atoms with E-state index in [0.717, 1.165) is 11.3 Å². The Morgan fingerprint density at radius 2 is 1.70 bits per heavy atom. The molecule has 0 spiro atoms. The summed E-state index contributed by atoms with van der Waals surface area (Å²) in [5, 5.41) is 1.74. The summed E-state index contributed by atoms with van der Waals surface area (Å²) in [6, 6.07) is 20.1. The van der Waals surface area contributed by atoms with Crippen LogP contribution in [0.4, 0.5) is 0 Å². The number of benzene rings is 2. The first-order chi connectivity index (χ1) is 11.1. The van der Waals surface area contributed by atoms with Gasteiger partial charge in [-0.15, -0.1) is 11.3 Å². The van der Waals surface area contributed by atoms with Gasteiger partial charge in [0.25, 0.3) is 0 Å². The number of hydrogen-bond donors (Lipinski definition) is 1. The zero-order valence-electron chi connectivity index (χ0n) is 12.2. The highest BCUT2D eigenvalue weighted by Crippen LogP contribution is 2.22.